The number of unbranched alkanes of at least 4 members (excludes halogenated alkanes) is 2. The maximum atomic E-state index is 11.6. The molecular weight excluding hydrogens is 162 g/mol. The zero-order chi connectivity index (χ0) is 10.3. The van der Waals surface area contributed by atoms with Crippen molar-refractivity contribution in [2.75, 3.05) is 0 Å². The summed E-state index contributed by atoms with van der Waals surface area (Å²) in [5.74, 6) is 0.225. The van der Waals surface area contributed by atoms with Gasteiger partial charge in [-0.15, -0.1) is 0 Å². The van der Waals surface area contributed by atoms with Gasteiger partial charge in [-0.05, 0) is 19.8 Å². The Morgan fingerprint density at radius 2 is 1.85 bits per heavy atom. The molecule has 1 unspecified atom stereocenters. The number of nitrogens with two attached hydrogens (primary N) is 1. The predicted octanol–water partition coefficient (Wildman–Crippen LogP) is 2.65. The van der Waals surface area contributed by atoms with Gasteiger partial charge in [0.1, 0.15) is 0 Å². The fourth-order valence-electron chi connectivity index (χ4n) is 1.48. The molecule has 2 heteroatoms. The first-order chi connectivity index (χ1) is 6.04. The van der Waals surface area contributed by atoms with Crippen molar-refractivity contribution < 1.29 is 4.79 Å². The molecule has 0 aromatic rings. The topological polar surface area (TPSA) is 43.1 Å². The van der Waals surface area contributed by atoms with E-state index in [4.69, 9.17) is 5.73 Å². The molecule has 0 fully saturated rings. The highest BCUT2D eigenvalue weighted by Crippen LogP contribution is 2.14. The van der Waals surface area contributed by atoms with Crippen LogP contribution >= 0.6 is 0 Å². The summed E-state index contributed by atoms with van der Waals surface area (Å²) in [6, 6.07) is 0. The maximum Gasteiger partial charge on any atom is 0.152 e. The van der Waals surface area contributed by atoms with Gasteiger partial charge in [0.2, 0.25) is 0 Å². The molecule has 1 atom stereocenters. The molecule has 0 rings (SSSR count). The first kappa shape index (κ1) is 12.6. The highest BCUT2D eigenvalue weighted by molar-refractivity contribution is 5.87. The van der Waals surface area contributed by atoms with Gasteiger partial charge >= 0.3 is 0 Å². The van der Waals surface area contributed by atoms with Gasteiger partial charge in [-0.2, -0.15) is 0 Å². The Kier molecular flexibility index (Phi) is 5.97. The summed E-state index contributed by atoms with van der Waals surface area (Å²) in [5, 5.41) is 0. The highest BCUT2D eigenvalue weighted by Gasteiger charge is 2.25. The standard InChI is InChI=1S/C11H23NO/c1-4-6-7-8-10(13)11(3,12)9-5-2/h4-9,12H2,1-3H3. The minimum atomic E-state index is -0.581. The van der Waals surface area contributed by atoms with E-state index in [1.54, 1.807) is 0 Å². The number of ketones is 1. The molecule has 78 valence electrons. The van der Waals surface area contributed by atoms with Crippen molar-refractivity contribution in [2.24, 2.45) is 5.73 Å². The zero-order valence-electron chi connectivity index (χ0n) is 9.23. The molecule has 0 aromatic heterocycles. The van der Waals surface area contributed by atoms with Crippen molar-refractivity contribution >= 4 is 5.78 Å². The lowest BCUT2D eigenvalue weighted by atomic mass is 9.89. The molecule has 0 saturated carbocycles. The quantitative estimate of drug-likeness (QED) is 0.620. The van der Waals surface area contributed by atoms with Crippen LogP contribution in [-0.2, 0) is 4.79 Å². The van der Waals surface area contributed by atoms with E-state index in [0.29, 0.717) is 6.42 Å². The van der Waals surface area contributed by atoms with E-state index in [1.807, 2.05) is 6.92 Å². The van der Waals surface area contributed by atoms with Crippen LogP contribution in [0.15, 0.2) is 0 Å². The van der Waals surface area contributed by atoms with Gasteiger partial charge in [0.15, 0.2) is 5.78 Å². The maximum absolute atomic E-state index is 11.6. The van der Waals surface area contributed by atoms with Crippen molar-refractivity contribution in [3.05, 3.63) is 0 Å². The van der Waals surface area contributed by atoms with E-state index >= 15 is 0 Å². The predicted molar refractivity (Wildman–Crippen MR) is 56.6 cm³/mol. The molecule has 0 aliphatic heterocycles. The van der Waals surface area contributed by atoms with E-state index in [2.05, 4.69) is 13.8 Å². The SMILES string of the molecule is CCCCCC(=O)C(C)(N)CCC. The number of carbonyl (C=O) groups is 1. The van der Waals surface area contributed by atoms with Crippen LogP contribution in [0.2, 0.25) is 0 Å². The first-order valence-corrected chi connectivity index (χ1v) is 5.36. The van der Waals surface area contributed by atoms with Crippen LogP contribution in [0, 0.1) is 0 Å². The van der Waals surface area contributed by atoms with Gasteiger partial charge in [-0.25, -0.2) is 0 Å². The van der Waals surface area contributed by atoms with Gasteiger partial charge < -0.3 is 5.73 Å². The van der Waals surface area contributed by atoms with E-state index in [9.17, 15) is 4.79 Å². The number of rotatable bonds is 7. The van der Waals surface area contributed by atoms with Gasteiger partial charge in [-0.1, -0.05) is 33.1 Å². The van der Waals surface area contributed by atoms with Crippen molar-refractivity contribution in [3.63, 3.8) is 0 Å². The summed E-state index contributed by atoms with van der Waals surface area (Å²) in [5.41, 5.74) is 5.32. The third-order valence-corrected chi connectivity index (χ3v) is 2.41. The molecule has 0 aliphatic carbocycles. The summed E-state index contributed by atoms with van der Waals surface area (Å²) in [6.07, 6.45) is 5.72. The number of hydrogen-bond acceptors (Lipinski definition) is 2. The van der Waals surface area contributed by atoms with Gasteiger partial charge in [0, 0.05) is 6.42 Å². The van der Waals surface area contributed by atoms with Crippen LogP contribution in [-0.4, -0.2) is 11.3 Å². The van der Waals surface area contributed by atoms with Crippen molar-refractivity contribution in [1.29, 1.82) is 0 Å². The minimum absolute atomic E-state index is 0.225. The highest BCUT2D eigenvalue weighted by atomic mass is 16.1. The van der Waals surface area contributed by atoms with Crippen molar-refractivity contribution in [2.45, 2.75) is 64.8 Å². The molecule has 0 radical (unpaired) electrons. The van der Waals surface area contributed by atoms with Crippen molar-refractivity contribution in [1.82, 2.24) is 0 Å². The summed E-state index contributed by atoms with van der Waals surface area (Å²) in [4.78, 5) is 11.6. The van der Waals surface area contributed by atoms with Crippen molar-refractivity contribution in [3.8, 4) is 0 Å². The van der Waals surface area contributed by atoms with E-state index < -0.39 is 5.54 Å². The summed E-state index contributed by atoms with van der Waals surface area (Å²) < 4.78 is 0. The molecular formula is C11H23NO. The van der Waals surface area contributed by atoms with Gasteiger partial charge in [0.25, 0.3) is 0 Å². The third-order valence-electron chi connectivity index (χ3n) is 2.41. The van der Waals surface area contributed by atoms with Crippen LogP contribution in [0.5, 0.6) is 0 Å². The van der Waals surface area contributed by atoms with Gasteiger partial charge in [0.05, 0.1) is 5.54 Å². The Balaban J connectivity index is 3.80. The van der Waals surface area contributed by atoms with Crippen LogP contribution in [0.25, 0.3) is 0 Å². The molecule has 0 spiro atoms. The molecule has 0 amide bonds. The van der Waals surface area contributed by atoms with Crippen LogP contribution < -0.4 is 5.73 Å². The lowest BCUT2D eigenvalue weighted by Gasteiger charge is -2.22. The largest absolute Gasteiger partial charge is 0.319 e. The molecule has 0 aromatic carbocycles. The second-order valence-corrected chi connectivity index (χ2v) is 4.05. The lowest BCUT2D eigenvalue weighted by Crippen LogP contribution is -2.44. The van der Waals surface area contributed by atoms with E-state index in [-0.39, 0.29) is 5.78 Å². The number of carbonyl (C=O) groups excluding carboxylic acids is 1. The molecule has 0 saturated heterocycles. The van der Waals surface area contributed by atoms with Crippen LogP contribution in [0.3, 0.4) is 0 Å². The Bertz CT molecular complexity index is 152. The second-order valence-electron chi connectivity index (χ2n) is 4.05. The average molecular weight is 185 g/mol. The fourth-order valence-corrected chi connectivity index (χ4v) is 1.48. The second kappa shape index (κ2) is 6.14. The minimum Gasteiger partial charge on any atom is -0.319 e. The monoisotopic (exact) mass is 185 g/mol. The van der Waals surface area contributed by atoms with E-state index in [0.717, 1.165) is 32.1 Å². The summed E-state index contributed by atoms with van der Waals surface area (Å²) in [6.45, 7) is 6.05. The Morgan fingerprint density at radius 1 is 1.23 bits per heavy atom. The summed E-state index contributed by atoms with van der Waals surface area (Å²) >= 11 is 0. The Morgan fingerprint density at radius 3 is 2.31 bits per heavy atom. The Labute approximate surface area is 81.9 Å². The zero-order valence-corrected chi connectivity index (χ0v) is 9.23. The smallest absolute Gasteiger partial charge is 0.152 e. The fraction of sp³-hybridized carbons (Fsp3) is 0.909. The molecule has 0 bridgehead atoms. The van der Waals surface area contributed by atoms with Crippen LogP contribution in [0.4, 0.5) is 0 Å². The lowest BCUT2D eigenvalue weighted by molar-refractivity contribution is -0.124. The first-order valence-electron chi connectivity index (χ1n) is 5.36. The van der Waals surface area contributed by atoms with Gasteiger partial charge in [-0.3, -0.25) is 4.79 Å². The third kappa shape index (κ3) is 5.04. The Hall–Kier alpha value is -0.370. The number of hydrogen-bond donors (Lipinski definition) is 1. The summed E-state index contributed by atoms with van der Waals surface area (Å²) in [7, 11) is 0. The molecule has 0 aliphatic rings. The molecule has 2 nitrogen and oxygen atoms in total. The molecule has 2 N–H and O–H groups in total. The number of Topliss-reactive ketones (excluding diaryl/α,β-unsaturated/α-hetero) is 1. The van der Waals surface area contributed by atoms with E-state index in [1.165, 1.54) is 0 Å². The molecule has 0 heterocycles. The molecule has 13 heavy (non-hydrogen) atoms. The van der Waals surface area contributed by atoms with Crippen LogP contribution in [0.1, 0.15) is 59.3 Å². The average Bonchev–Trinajstić information content (AvgIpc) is 2.04. The normalized spacial score (nSPS) is 15.4.